The number of carbonyl (C=O) groups is 2. The number of carbonyl (C=O) groups excluding carboxylic acids is 2. The minimum Gasteiger partial charge on any atom is -0.348 e. The number of hydrogen-bond acceptors (Lipinski definition) is 4. The summed E-state index contributed by atoms with van der Waals surface area (Å²) in [6.45, 7) is 2.04. The van der Waals surface area contributed by atoms with Crippen molar-refractivity contribution in [3.63, 3.8) is 0 Å². The van der Waals surface area contributed by atoms with Crippen molar-refractivity contribution in [1.29, 1.82) is 0 Å². The molecule has 2 N–H and O–H groups in total. The maximum absolute atomic E-state index is 13.0. The normalized spacial score (nSPS) is 13.1. The summed E-state index contributed by atoms with van der Waals surface area (Å²) in [6.07, 6.45) is 3.54. The van der Waals surface area contributed by atoms with E-state index in [0.29, 0.717) is 23.4 Å². The van der Waals surface area contributed by atoms with E-state index >= 15 is 0 Å². The molecule has 2 amide bonds. The number of halogens is 1. The lowest BCUT2D eigenvalue weighted by molar-refractivity contribution is 0.0944. The van der Waals surface area contributed by atoms with Gasteiger partial charge in [0.05, 0.1) is 11.4 Å². The van der Waals surface area contributed by atoms with Crippen LogP contribution in [0, 0.1) is 5.82 Å². The molecule has 1 aliphatic carbocycles. The Morgan fingerprint density at radius 1 is 1.07 bits per heavy atom. The van der Waals surface area contributed by atoms with Crippen LogP contribution in [0.5, 0.6) is 0 Å². The molecule has 7 nitrogen and oxygen atoms in total. The second kappa shape index (κ2) is 8.44. The Morgan fingerprint density at radius 2 is 1.77 bits per heavy atom. The van der Waals surface area contributed by atoms with Crippen molar-refractivity contribution in [3.8, 4) is 5.69 Å². The molecule has 0 bridgehead atoms. The average molecular weight is 407 g/mol. The molecule has 0 unspecified atom stereocenters. The quantitative estimate of drug-likeness (QED) is 0.627. The molecule has 3 aromatic rings. The van der Waals surface area contributed by atoms with Gasteiger partial charge in [-0.05, 0) is 67.8 Å². The third kappa shape index (κ3) is 4.37. The highest BCUT2D eigenvalue weighted by atomic mass is 19.1. The third-order valence-electron chi connectivity index (χ3n) is 4.85. The van der Waals surface area contributed by atoms with Crippen LogP contribution >= 0.6 is 0 Å². The maximum atomic E-state index is 13.0. The summed E-state index contributed by atoms with van der Waals surface area (Å²) in [7, 11) is 0. The second-order valence-corrected chi connectivity index (χ2v) is 7.30. The number of aromatic nitrogens is 3. The van der Waals surface area contributed by atoms with Gasteiger partial charge in [0.15, 0.2) is 5.69 Å². The van der Waals surface area contributed by atoms with Crippen LogP contribution in [0.25, 0.3) is 5.69 Å². The molecular weight excluding hydrogens is 385 g/mol. The number of nitrogens with one attached hydrogen (secondary N) is 2. The molecule has 1 aromatic heterocycles. The van der Waals surface area contributed by atoms with Gasteiger partial charge in [0.2, 0.25) is 0 Å². The van der Waals surface area contributed by atoms with Gasteiger partial charge < -0.3 is 10.6 Å². The molecule has 0 aliphatic heterocycles. The Labute approximate surface area is 173 Å². The fourth-order valence-electron chi connectivity index (χ4n) is 3.12. The van der Waals surface area contributed by atoms with E-state index < -0.39 is 5.82 Å². The SMILES string of the molecule is CCCc1c(C(=O)NC2CC2)nnn1-c1ccc(NC(=O)c2ccc(F)cc2)cc1. The Bertz CT molecular complexity index is 1060. The molecular formula is C22H22FN5O2. The van der Waals surface area contributed by atoms with Crippen LogP contribution in [0.3, 0.4) is 0 Å². The van der Waals surface area contributed by atoms with Crippen molar-refractivity contribution < 1.29 is 14.0 Å². The van der Waals surface area contributed by atoms with E-state index in [1.54, 1.807) is 28.9 Å². The van der Waals surface area contributed by atoms with Crippen molar-refractivity contribution >= 4 is 17.5 Å². The maximum Gasteiger partial charge on any atom is 0.273 e. The van der Waals surface area contributed by atoms with Crippen molar-refractivity contribution in [2.24, 2.45) is 0 Å². The van der Waals surface area contributed by atoms with Gasteiger partial charge in [0.25, 0.3) is 11.8 Å². The lowest BCUT2D eigenvalue weighted by atomic mass is 10.1. The molecule has 8 heteroatoms. The van der Waals surface area contributed by atoms with Crippen LogP contribution in [0.4, 0.5) is 10.1 Å². The van der Waals surface area contributed by atoms with Gasteiger partial charge >= 0.3 is 0 Å². The molecule has 0 radical (unpaired) electrons. The first-order chi connectivity index (χ1) is 14.5. The molecule has 1 heterocycles. The Morgan fingerprint density at radius 3 is 2.40 bits per heavy atom. The summed E-state index contributed by atoms with van der Waals surface area (Å²) < 4.78 is 14.7. The lowest BCUT2D eigenvalue weighted by Crippen LogP contribution is -2.27. The molecule has 1 fully saturated rings. The van der Waals surface area contributed by atoms with Crippen LogP contribution in [0.2, 0.25) is 0 Å². The number of hydrogen-bond donors (Lipinski definition) is 2. The monoisotopic (exact) mass is 407 g/mol. The fourth-order valence-corrected chi connectivity index (χ4v) is 3.12. The summed E-state index contributed by atoms with van der Waals surface area (Å²) in [5, 5.41) is 14.0. The summed E-state index contributed by atoms with van der Waals surface area (Å²) in [4.78, 5) is 24.8. The topological polar surface area (TPSA) is 88.9 Å². The van der Waals surface area contributed by atoms with E-state index in [9.17, 15) is 14.0 Å². The van der Waals surface area contributed by atoms with E-state index in [2.05, 4.69) is 20.9 Å². The molecule has 0 spiro atoms. The molecule has 1 aliphatic rings. The highest BCUT2D eigenvalue weighted by Gasteiger charge is 2.27. The fraction of sp³-hybridized carbons (Fsp3) is 0.273. The van der Waals surface area contributed by atoms with E-state index in [0.717, 1.165) is 30.6 Å². The highest BCUT2D eigenvalue weighted by molar-refractivity contribution is 6.04. The number of nitrogens with zero attached hydrogens (tertiary/aromatic N) is 3. The Kier molecular flexibility index (Phi) is 5.56. The van der Waals surface area contributed by atoms with Gasteiger partial charge in [0, 0.05) is 17.3 Å². The molecule has 2 aromatic carbocycles. The largest absolute Gasteiger partial charge is 0.348 e. The summed E-state index contributed by atoms with van der Waals surface area (Å²) in [5.41, 5.74) is 2.83. The predicted octanol–water partition coefficient (Wildman–Crippen LogP) is 3.50. The van der Waals surface area contributed by atoms with Crippen molar-refractivity contribution in [3.05, 3.63) is 71.3 Å². The first kappa shape index (κ1) is 19.8. The standard InChI is InChI=1S/C22H22FN5O2/c1-2-3-19-20(22(30)25-16-8-9-16)26-27-28(19)18-12-10-17(11-13-18)24-21(29)14-4-6-15(23)7-5-14/h4-7,10-13,16H,2-3,8-9H2,1H3,(H,24,29)(H,25,30). The van der Waals surface area contributed by atoms with Crippen LogP contribution in [0.15, 0.2) is 48.5 Å². The van der Waals surface area contributed by atoms with Crippen molar-refractivity contribution in [2.45, 2.75) is 38.6 Å². The van der Waals surface area contributed by atoms with Gasteiger partial charge in [-0.15, -0.1) is 5.10 Å². The summed E-state index contributed by atoms with van der Waals surface area (Å²) >= 11 is 0. The highest BCUT2D eigenvalue weighted by Crippen LogP contribution is 2.21. The van der Waals surface area contributed by atoms with E-state index in [1.165, 1.54) is 24.3 Å². The zero-order valence-corrected chi connectivity index (χ0v) is 16.6. The minimum absolute atomic E-state index is 0.185. The van der Waals surface area contributed by atoms with Gasteiger partial charge in [-0.1, -0.05) is 18.6 Å². The molecule has 154 valence electrons. The minimum atomic E-state index is -0.392. The molecule has 0 saturated heterocycles. The van der Waals surface area contributed by atoms with Crippen LogP contribution in [-0.2, 0) is 6.42 Å². The average Bonchev–Trinajstić information content (AvgIpc) is 3.46. The number of anilines is 1. The number of amides is 2. The Balaban J connectivity index is 1.51. The van der Waals surface area contributed by atoms with Crippen LogP contribution in [-0.4, -0.2) is 32.9 Å². The molecule has 1 saturated carbocycles. The number of benzene rings is 2. The predicted molar refractivity (Wildman–Crippen MR) is 110 cm³/mol. The molecule has 4 rings (SSSR count). The zero-order chi connectivity index (χ0) is 21.1. The smallest absolute Gasteiger partial charge is 0.273 e. The number of rotatable bonds is 7. The van der Waals surface area contributed by atoms with Crippen molar-refractivity contribution in [1.82, 2.24) is 20.3 Å². The van der Waals surface area contributed by atoms with Crippen molar-refractivity contribution in [2.75, 3.05) is 5.32 Å². The van der Waals surface area contributed by atoms with Gasteiger partial charge in [-0.2, -0.15) is 0 Å². The van der Waals surface area contributed by atoms with E-state index in [-0.39, 0.29) is 17.9 Å². The molecule has 0 atom stereocenters. The zero-order valence-electron chi connectivity index (χ0n) is 16.6. The second-order valence-electron chi connectivity index (χ2n) is 7.30. The summed E-state index contributed by atoms with van der Waals surface area (Å²) in [6, 6.07) is 12.7. The van der Waals surface area contributed by atoms with E-state index in [1.807, 2.05) is 6.92 Å². The van der Waals surface area contributed by atoms with Crippen LogP contribution < -0.4 is 10.6 Å². The first-order valence-electron chi connectivity index (χ1n) is 9.98. The first-order valence-corrected chi connectivity index (χ1v) is 9.98. The molecule has 30 heavy (non-hydrogen) atoms. The van der Waals surface area contributed by atoms with E-state index in [4.69, 9.17) is 0 Å². The summed E-state index contributed by atoms with van der Waals surface area (Å²) in [5.74, 6) is -0.901. The Hall–Kier alpha value is -3.55. The van der Waals surface area contributed by atoms with Gasteiger partial charge in [-0.3, -0.25) is 9.59 Å². The van der Waals surface area contributed by atoms with Gasteiger partial charge in [-0.25, -0.2) is 9.07 Å². The third-order valence-corrected chi connectivity index (χ3v) is 4.85. The van der Waals surface area contributed by atoms with Crippen LogP contribution in [0.1, 0.15) is 52.7 Å². The lowest BCUT2D eigenvalue weighted by Gasteiger charge is -2.09. The van der Waals surface area contributed by atoms with Gasteiger partial charge in [0.1, 0.15) is 5.82 Å².